The van der Waals surface area contributed by atoms with Gasteiger partial charge in [0.15, 0.2) is 0 Å². The average Bonchev–Trinajstić information content (AvgIpc) is 3.69. The number of nitrogens with one attached hydrogen (secondary N) is 5. The first-order valence-corrected chi connectivity index (χ1v) is 21.9. The Morgan fingerprint density at radius 3 is 2.15 bits per heavy atom. The summed E-state index contributed by atoms with van der Waals surface area (Å²) in [5.74, 6) is -4.70. The Labute approximate surface area is 357 Å². The monoisotopic (exact) mass is 880 g/mol. The Kier molecular flexibility index (Phi) is 22.3. The smallest absolute Gasteiger partial charge is 0.393 e. The molecule has 0 saturated heterocycles. The van der Waals surface area contributed by atoms with Crippen molar-refractivity contribution in [3.8, 4) is 0 Å². The number of primary amides is 1. The molecule has 21 heteroatoms. The zero-order valence-electron chi connectivity index (χ0n) is 35.9. The molecular weight excluding hydrogens is 815 g/mol. The van der Waals surface area contributed by atoms with E-state index in [0.29, 0.717) is 12.1 Å². The topological polar surface area (TPSA) is 305 Å². The van der Waals surface area contributed by atoms with E-state index in [-0.39, 0.29) is 57.4 Å². The highest BCUT2D eigenvalue weighted by atomic mass is 31.2. The zero-order valence-corrected chi connectivity index (χ0v) is 36.8. The number of benzene rings is 1. The van der Waals surface area contributed by atoms with Gasteiger partial charge in [-0.15, -0.1) is 0 Å². The molecule has 0 saturated carbocycles. The van der Waals surface area contributed by atoms with Crippen molar-refractivity contribution in [1.29, 1.82) is 0 Å². The SMILES string of the molecule is CC(C)C[C@H](NC(=O)CN(CCCCCCc1ccccc1)C(=O)CCOC(C)(C)CO)C(=O)N[C@@H](Cc1cnc[nH]1)C(=O)N[C@@H](C)C(=O)N[C@H](C(N)=O)[C@@H](C)OP(=O)(O)O. The van der Waals surface area contributed by atoms with E-state index < -0.39 is 73.2 Å². The Morgan fingerprint density at radius 1 is 0.902 bits per heavy atom. The third-order valence-corrected chi connectivity index (χ3v) is 10.1. The summed E-state index contributed by atoms with van der Waals surface area (Å²) in [5.41, 5.74) is 6.16. The number of nitrogens with zero attached hydrogens (tertiary/aromatic N) is 2. The minimum absolute atomic E-state index is 0.0237. The molecule has 342 valence electrons. The van der Waals surface area contributed by atoms with Crippen LogP contribution in [0.5, 0.6) is 0 Å². The molecule has 6 amide bonds. The third kappa shape index (κ3) is 21.1. The highest BCUT2D eigenvalue weighted by molar-refractivity contribution is 7.46. The van der Waals surface area contributed by atoms with Gasteiger partial charge in [-0.1, -0.05) is 57.0 Å². The lowest BCUT2D eigenvalue weighted by molar-refractivity contribution is -0.139. The van der Waals surface area contributed by atoms with Gasteiger partial charge in [0, 0.05) is 24.9 Å². The molecule has 1 heterocycles. The molecule has 10 N–H and O–H groups in total. The number of ether oxygens (including phenoxy) is 1. The minimum Gasteiger partial charge on any atom is -0.393 e. The summed E-state index contributed by atoms with van der Waals surface area (Å²) < 4.78 is 21.5. The van der Waals surface area contributed by atoms with Gasteiger partial charge in [0.25, 0.3) is 0 Å². The maximum absolute atomic E-state index is 13.9. The number of H-pyrrole nitrogens is 1. The number of unbranched alkanes of at least 4 members (excludes halogenated alkanes) is 3. The molecule has 2 rings (SSSR count). The molecule has 0 unspecified atom stereocenters. The number of aromatic nitrogens is 2. The number of phosphoric acid groups is 1. The quantitative estimate of drug-likeness (QED) is 0.0403. The summed E-state index contributed by atoms with van der Waals surface area (Å²) in [6, 6.07) is 4.64. The van der Waals surface area contributed by atoms with Gasteiger partial charge in [-0.05, 0) is 64.9 Å². The molecular formula is C40H65N8O12P. The summed E-state index contributed by atoms with van der Waals surface area (Å²) in [7, 11) is -5.06. The number of amides is 6. The molecule has 2 aromatic rings. The van der Waals surface area contributed by atoms with Crippen LogP contribution in [0.25, 0.3) is 0 Å². The molecule has 1 aromatic heterocycles. The second-order valence-corrected chi connectivity index (χ2v) is 17.2. The van der Waals surface area contributed by atoms with Gasteiger partial charge < -0.3 is 56.5 Å². The average molecular weight is 881 g/mol. The van der Waals surface area contributed by atoms with Crippen molar-refractivity contribution in [2.45, 2.75) is 129 Å². The first-order chi connectivity index (χ1) is 28.6. The molecule has 1 aromatic carbocycles. The fraction of sp³-hybridized carbons (Fsp3) is 0.625. The summed E-state index contributed by atoms with van der Waals surface area (Å²) >= 11 is 0. The van der Waals surface area contributed by atoms with Crippen molar-refractivity contribution in [2.24, 2.45) is 11.7 Å². The number of aliphatic hydroxyl groups is 1. The van der Waals surface area contributed by atoms with Gasteiger partial charge >= 0.3 is 7.82 Å². The van der Waals surface area contributed by atoms with E-state index in [1.807, 2.05) is 32.0 Å². The Bertz CT molecular complexity index is 1740. The number of rotatable bonds is 29. The summed E-state index contributed by atoms with van der Waals surface area (Å²) in [6.07, 6.45) is 5.54. The Hall–Kier alpha value is -4.72. The summed E-state index contributed by atoms with van der Waals surface area (Å²) in [6.45, 7) is 9.17. The van der Waals surface area contributed by atoms with E-state index in [1.165, 1.54) is 29.9 Å². The number of nitrogens with two attached hydrogens (primary N) is 1. The summed E-state index contributed by atoms with van der Waals surface area (Å²) in [4.78, 5) is 106. The van der Waals surface area contributed by atoms with Crippen LogP contribution in [0, 0.1) is 5.92 Å². The van der Waals surface area contributed by atoms with Gasteiger partial charge in [0.2, 0.25) is 35.4 Å². The minimum atomic E-state index is -5.06. The van der Waals surface area contributed by atoms with E-state index in [2.05, 4.69) is 47.9 Å². The zero-order chi connectivity index (χ0) is 45.8. The first kappa shape index (κ1) is 52.4. The van der Waals surface area contributed by atoms with Crippen molar-refractivity contribution < 1.29 is 57.5 Å². The third-order valence-electron chi connectivity index (χ3n) is 9.46. The lowest BCUT2D eigenvalue weighted by atomic mass is 10.0. The van der Waals surface area contributed by atoms with Gasteiger partial charge in [-0.3, -0.25) is 33.3 Å². The van der Waals surface area contributed by atoms with Gasteiger partial charge in [-0.25, -0.2) is 9.55 Å². The molecule has 20 nitrogen and oxygen atoms in total. The van der Waals surface area contributed by atoms with Gasteiger partial charge in [0.1, 0.15) is 24.2 Å². The maximum atomic E-state index is 13.9. The van der Waals surface area contributed by atoms with E-state index in [1.54, 1.807) is 13.8 Å². The van der Waals surface area contributed by atoms with Gasteiger partial charge in [-0.2, -0.15) is 0 Å². The number of aromatic amines is 1. The maximum Gasteiger partial charge on any atom is 0.469 e. The van der Waals surface area contributed by atoms with Crippen LogP contribution in [0.4, 0.5) is 0 Å². The Morgan fingerprint density at radius 2 is 1.56 bits per heavy atom. The van der Waals surface area contributed by atoms with E-state index in [0.717, 1.165) is 32.6 Å². The van der Waals surface area contributed by atoms with Crippen molar-refractivity contribution in [2.75, 3.05) is 26.3 Å². The molecule has 0 fully saturated rings. The predicted molar refractivity (Wildman–Crippen MR) is 224 cm³/mol. The number of phosphoric ester groups is 1. The largest absolute Gasteiger partial charge is 0.469 e. The number of aliphatic hydroxyl groups excluding tert-OH is 1. The van der Waals surface area contributed by atoms with E-state index in [9.17, 15) is 38.4 Å². The molecule has 0 aliphatic rings. The molecule has 0 aliphatic heterocycles. The van der Waals surface area contributed by atoms with Crippen LogP contribution < -0.4 is 27.0 Å². The van der Waals surface area contributed by atoms with E-state index in [4.69, 9.17) is 20.3 Å². The summed E-state index contributed by atoms with van der Waals surface area (Å²) in [5, 5.41) is 19.6. The van der Waals surface area contributed by atoms with Crippen LogP contribution in [-0.4, -0.2) is 127 Å². The van der Waals surface area contributed by atoms with Crippen LogP contribution in [0.2, 0.25) is 0 Å². The molecule has 5 atom stereocenters. The highest BCUT2D eigenvalue weighted by Gasteiger charge is 2.34. The van der Waals surface area contributed by atoms with Gasteiger partial charge in [0.05, 0.1) is 44.2 Å². The molecule has 0 spiro atoms. The fourth-order valence-corrected chi connectivity index (χ4v) is 6.66. The highest BCUT2D eigenvalue weighted by Crippen LogP contribution is 2.38. The van der Waals surface area contributed by atoms with Crippen molar-refractivity contribution >= 4 is 43.3 Å². The van der Waals surface area contributed by atoms with Crippen LogP contribution in [0.15, 0.2) is 42.9 Å². The Balaban J connectivity index is 2.17. The van der Waals surface area contributed by atoms with Crippen molar-refractivity contribution in [3.63, 3.8) is 0 Å². The normalized spacial score (nSPS) is 14.3. The molecule has 0 aliphatic carbocycles. The predicted octanol–water partition coefficient (Wildman–Crippen LogP) is 0.750. The number of hydrogen-bond acceptors (Lipinski definition) is 11. The lowest BCUT2D eigenvalue weighted by Gasteiger charge is -2.28. The van der Waals surface area contributed by atoms with Crippen LogP contribution in [0.1, 0.15) is 91.3 Å². The number of imidazole rings is 1. The van der Waals surface area contributed by atoms with Crippen molar-refractivity contribution in [1.82, 2.24) is 36.1 Å². The molecule has 0 radical (unpaired) electrons. The number of hydrogen-bond donors (Lipinski definition) is 9. The van der Waals surface area contributed by atoms with Crippen LogP contribution in [-0.2, 0) is 55.4 Å². The van der Waals surface area contributed by atoms with Crippen molar-refractivity contribution in [3.05, 3.63) is 54.1 Å². The van der Waals surface area contributed by atoms with Crippen LogP contribution >= 0.6 is 7.82 Å². The second kappa shape index (κ2) is 25.9. The second-order valence-electron chi connectivity index (χ2n) is 16.0. The number of carbonyl (C=O) groups excluding carboxylic acids is 6. The number of aryl methyl sites for hydroxylation is 1. The fourth-order valence-electron chi connectivity index (χ4n) is 6.11. The number of carbonyl (C=O) groups is 6. The van der Waals surface area contributed by atoms with E-state index >= 15 is 0 Å². The molecule has 61 heavy (non-hydrogen) atoms. The standard InChI is InChI=1S/C40H65N8O12P/c1-26(2)20-31(45-33(50)23-48(34(51)17-19-59-40(5,6)24-49)18-13-8-7-10-14-29-15-11-9-12-16-29)39(55)46-32(21-30-22-42-25-43-30)38(54)44-27(3)37(53)47-35(36(41)52)28(4)60-61(56,57)58/h9,11-12,15-16,22,25-28,31-32,35,49H,7-8,10,13-14,17-21,23-24H2,1-6H3,(H2,41,52)(H,42,43)(H,44,54)(H,45,50)(H,46,55)(H,47,53)(H2,56,57,58)/t27-,28+,31-,32-,35-/m0/s1. The molecule has 0 bridgehead atoms. The first-order valence-electron chi connectivity index (χ1n) is 20.4. The van der Waals surface area contributed by atoms with Crippen LogP contribution in [0.3, 0.4) is 0 Å². The lowest BCUT2D eigenvalue weighted by Crippen LogP contribution is -2.59.